The normalized spacial score (nSPS) is 21.1. The smallest absolute Gasteiger partial charge is 0.379 e. The number of esters is 1. The second kappa shape index (κ2) is 4.44. The molecule has 0 spiro atoms. The summed E-state index contributed by atoms with van der Waals surface area (Å²) in [5, 5.41) is 0. The van der Waals surface area contributed by atoms with Crippen molar-refractivity contribution < 1.29 is 23.8 Å². The third-order valence-electron chi connectivity index (χ3n) is 1.71. The Bertz CT molecular complexity index is 303. The van der Waals surface area contributed by atoms with Gasteiger partial charge in [0.05, 0.1) is 6.61 Å². The molecule has 1 heterocycles. The Morgan fingerprint density at radius 1 is 1.53 bits per heavy atom. The van der Waals surface area contributed by atoms with E-state index in [0.717, 1.165) is 6.08 Å². The predicted octanol–water partition coefficient (Wildman–Crippen LogP) is 0.785. The summed E-state index contributed by atoms with van der Waals surface area (Å²) in [6.45, 7) is 5.46. The molecule has 0 bridgehead atoms. The number of ketones is 1. The Balaban J connectivity index is 2.58. The zero-order valence-corrected chi connectivity index (χ0v) is 9.03. The van der Waals surface area contributed by atoms with Crippen LogP contribution in [-0.2, 0) is 23.8 Å². The van der Waals surface area contributed by atoms with Crippen LogP contribution in [0.25, 0.3) is 0 Å². The topological polar surface area (TPSA) is 61.8 Å². The van der Waals surface area contributed by atoms with Crippen LogP contribution in [0.3, 0.4) is 0 Å². The minimum atomic E-state index is -0.877. The van der Waals surface area contributed by atoms with Crippen molar-refractivity contribution in [1.29, 1.82) is 0 Å². The lowest BCUT2D eigenvalue weighted by Crippen LogP contribution is -2.19. The molecule has 0 aromatic carbocycles. The van der Waals surface area contributed by atoms with Crippen molar-refractivity contribution in [3.8, 4) is 0 Å². The largest absolute Gasteiger partial charge is 0.465 e. The lowest BCUT2D eigenvalue weighted by atomic mass is 10.3. The van der Waals surface area contributed by atoms with Gasteiger partial charge in [0.25, 0.3) is 5.78 Å². The van der Waals surface area contributed by atoms with Gasteiger partial charge in [-0.25, -0.2) is 4.79 Å². The molecule has 0 aromatic heterocycles. The fraction of sp³-hybridized carbons (Fsp3) is 0.600. The number of hydrogen-bond donors (Lipinski definition) is 0. The van der Waals surface area contributed by atoms with Crippen molar-refractivity contribution in [3.05, 3.63) is 11.8 Å². The highest BCUT2D eigenvalue weighted by Gasteiger charge is 2.30. The molecule has 1 rings (SSSR count). The van der Waals surface area contributed by atoms with Crippen LogP contribution in [0.4, 0.5) is 0 Å². The molecule has 0 aromatic rings. The van der Waals surface area contributed by atoms with Gasteiger partial charge in [-0.1, -0.05) is 0 Å². The molecule has 1 saturated heterocycles. The SMILES string of the molecule is CCOC(=O)C(=O)/C=C1\COC(C)(C)O1. The van der Waals surface area contributed by atoms with E-state index in [9.17, 15) is 9.59 Å². The summed E-state index contributed by atoms with van der Waals surface area (Å²) in [5.74, 6) is -2.00. The highest BCUT2D eigenvalue weighted by atomic mass is 16.7. The number of rotatable bonds is 3. The lowest BCUT2D eigenvalue weighted by Gasteiger charge is -2.15. The van der Waals surface area contributed by atoms with Gasteiger partial charge in [-0.05, 0) is 6.92 Å². The maximum atomic E-state index is 11.2. The fourth-order valence-electron chi connectivity index (χ4n) is 1.10. The minimum absolute atomic E-state index is 0.177. The standard InChI is InChI=1S/C10H14O5/c1-4-13-9(12)8(11)5-7-6-14-10(2,3)15-7/h5H,4,6H2,1-3H3/b7-5+. The molecule has 0 aliphatic carbocycles. The van der Waals surface area contributed by atoms with Gasteiger partial charge in [0.15, 0.2) is 0 Å². The summed E-state index contributed by atoms with van der Waals surface area (Å²) >= 11 is 0. The Kier molecular flexibility index (Phi) is 3.47. The monoisotopic (exact) mass is 214 g/mol. The lowest BCUT2D eigenvalue weighted by molar-refractivity contribution is -0.151. The van der Waals surface area contributed by atoms with E-state index in [1.54, 1.807) is 20.8 Å². The summed E-state index contributed by atoms with van der Waals surface area (Å²) in [5.41, 5.74) is 0. The Labute approximate surface area is 88.0 Å². The first-order valence-electron chi connectivity index (χ1n) is 4.69. The van der Waals surface area contributed by atoms with Crippen molar-refractivity contribution in [3.63, 3.8) is 0 Å². The van der Waals surface area contributed by atoms with Gasteiger partial charge in [-0.15, -0.1) is 0 Å². The van der Waals surface area contributed by atoms with E-state index in [1.165, 1.54) is 0 Å². The number of carbonyl (C=O) groups excluding carboxylic acids is 2. The van der Waals surface area contributed by atoms with Gasteiger partial charge < -0.3 is 14.2 Å². The summed E-state index contributed by atoms with van der Waals surface area (Å²) in [6, 6.07) is 0. The molecule has 0 N–H and O–H groups in total. The van der Waals surface area contributed by atoms with Gasteiger partial charge in [0.1, 0.15) is 12.4 Å². The molecule has 0 radical (unpaired) electrons. The van der Waals surface area contributed by atoms with Crippen molar-refractivity contribution >= 4 is 11.8 Å². The highest BCUT2D eigenvalue weighted by molar-refractivity contribution is 6.38. The first-order valence-corrected chi connectivity index (χ1v) is 4.69. The number of ether oxygens (including phenoxy) is 3. The average molecular weight is 214 g/mol. The summed E-state index contributed by atoms with van der Waals surface area (Å²) in [6.07, 6.45) is 1.10. The van der Waals surface area contributed by atoms with Crippen LogP contribution in [-0.4, -0.2) is 30.8 Å². The molecule has 1 aliphatic rings. The Morgan fingerprint density at radius 2 is 2.20 bits per heavy atom. The van der Waals surface area contributed by atoms with E-state index in [-0.39, 0.29) is 13.2 Å². The number of carbonyl (C=O) groups is 2. The Hall–Kier alpha value is -1.36. The van der Waals surface area contributed by atoms with Crippen LogP contribution in [0.2, 0.25) is 0 Å². The molecule has 0 atom stereocenters. The molecule has 1 aliphatic heterocycles. The van der Waals surface area contributed by atoms with Crippen molar-refractivity contribution in [2.75, 3.05) is 13.2 Å². The third kappa shape index (κ3) is 3.36. The molecule has 84 valence electrons. The van der Waals surface area contributed by atoms with Crippen LogP contribution in [0, 0.1) is 0 Å². The van der Waals surface area contributed by atoms with Gasteiger partial charge in [-0.3, -0.25) is 4.79 Å². The van der Waals surface area contributed by atoms with E-state index in [2.05, 4.69) is 4.74 Å². The first kappa shape index (κ1) is 11.7. The van der Waals surface area contributed by atoms with Crippen molar-refractivity contribution in [1.82, 2.24) is 0 Å². The summed E-state index contributed by atoms with van der Waals surface area (Å²) in [7, 11) is 0. The average Bonchev–Trinajstić information content (AvgIpc) is 2.46. The van der Waals surface area contributed by atoms with Crippen LogP contribution in [0.15, 0.2) is 11.8 Å². The molecule has 5 heteroatoms. The third-order valence-corrected chi connectivity index (χ3v) is 1.71. The predicted molar refractivity (Wildman–Crippen MR) is 50.8 cm³/mol. The molecule has 5 nitrogen and oxygen atoms in total. The number of hydrogen-bond acceptors (Lipinski definition) is 5. The van der Waals surface area contributed by atoms with E-state index >= 15 is 0 Å². The van der Waals surface area contributed by atoms with Crippen molar-refractivity contribution in [2.45, 2.75) is 26.6 Å². The second-order valence-electron chi connectivity index (χ2n) is 3.49. The zero-order chi connectivity index (χ0) is 11.5. The quantitative estimate of drug-likeness (QED) is 0.395. The van der Waals surface area contributed by atoms with E-state index < -0.39 is 17.5 Å². The highest BCUT2D eigenvalue weighted by Crippen LogP contribution is 2.24. The summed E-state index contributed by atoms with van der Waals surface area (Å²) in [4.78, 5) is 22.2. The van der Waals surface area contributed by atoms with Gasteiger partial charge in [0, 0.05) is 19.9 Å². The molecular weight excluding hydrogens is 200 g/mol. The maximum Gasteiger partial charge on any atom is 0.379 e. The van der Waals surface area contributed by atoms with Crippen LogP contribution >= 0.6 is 0 Å². The Morgan fingerprint density at radius 3 is 2.67 bits per heavy atom. The summed E-state index contributed by atoms with van der Waals surface area (Å²) < 4.78 is 15.0. The van der Waals surface area contributed by atoms with E-state index in [4.69, 9.17) is 9.47 Å². The second-order valence-corrected chi connectivity index (χ2v) is 3.49. The van der Waals surface area contributed by atoms with E-state index in [0.29, 0.717) is 5.76 Å². The molecular formula is C10H14O5. The van der Waals surface area contributed by atoms with Crippen molar-refractivity contribution in [2.24, 2.45) is 0 Å². The van der Waals surface area contributed by atoms with Crippen LogP contribution in [0.1, 0.15) is 20.8 Å². The van der Waals surface area contributed by atoms with E-state index in [1.807, 2.05) is 0 Å². The van der Waals surface area contributed by atoms with Crippen LogP contribution < -0.4 is 0 Å². The molecule has 0 amide bonds. The maximum absolute atomic E-state index is 11.2. The van der Waals surface area contributed by atoms with Gasteiger partial charge >= 0.3 is 5.97 Å². The minimum Gasteiger partial charge on any atom is -0.465 e. The van der Waals surface area contributed by atoms with Gasteiger partial charge in [-0.2, -0.15) is 0 Å². The van der Waals surface area contributed by atoms with Crippen LogP contribution in [0.5, 0.6) is 0 Å². The molecule has 15 heavy (non-hydrogen) atoms. The first-order chi connectivity index (χ1) is 6.94. The molecule has 0 saturated carbocycles. The molecule has 0 unspecified atom stereocenters. The zero-order valence-electron chi connectivity index (χ0n) is 9.03. The van der Waals surface area contributed by atoms with Gasteiger partial charge in [0.2, 0.25) is 5.79 Å². The fourth-order valence-corrected chi connectivity index (χ4v) is 1.10. The molecule has 1 fully saturated rings.